The average molecular weight is 254 g/mol. The molecule has 0 amide bonds. The van der Waals surface area contributed by atoms with E-state index in [1.807, 2.05) is 24.3 Å². The quantitative estimate of drug-likeness (QED) is 0.657. The summed E-state index contributed by atoms with van der Waals surface area (Å²) in [7, 11) is 0. The number of nitrogens with zero attached hydrogens (tertiary/aromatic N) is 2. The van der Waals surface area contributed by atoms with Crippen molar-refractivity contribution in [2.24, 2.45) is 11.3 Å². The number of rotatable bonds is 2. The van der Waals surface area contributed by atoms with Gasteiger partial charge in [0.25, 0.3) is 0 Å². The molecule has 2 nitrogen and oxygen atoms in total. The van der Waals surface area contributed by atoms with Gasteiger partial charge in [-0.1, -0.05) is 52.0 Å². The molecule has 0 atom stereocenters. The van der Waals surface area contributed by atoms with Crippen LogP contribution in [-0.2, 0) is 0 Å². The fraction of sp³-hybridized carbons (Fsp3) is 0.529. The monoisotopic (exact) mass is 254 g/mol. The molecule has 19 heavy (non-hydrogen) atoms. The van der Waals surface area contributed by atoms with E-state index in [1.165, 1.54) is 0 Å². The SMILES string of the molecule is CC(C)C1(C#N)CC1.[C-]#[N+]c1ccccc1C(C)C. The van der Waals surface area contributed by atoms with Gasteiger partial charge in [-0.15, -0.1) is 0 Å². The van der Waals surface area contributed by atoms with Gasteiger partial charge in [0.15, 0.2) is 5.69 Å². The predicted molar refractivity (Wildman–Crippen MR) is 78.9 cm³/mol. The Hall–Kier alpha value is -1.80. The summed E-state index contributed by atoms with van der Waals surface area (Å²) in [4.78, 5) is 3.44. The van der Waals surface area contributed by atoms with E-state index in [4.69, 9.17) is 11.8 Å². The molecule has 1 aliphatic rings. The van der Waals surface area contributed by atoms with E-state index in [-0.39, 0.29) is 5.41 Å². The molecule has 0 saturated heterocycles. The third-order valence-electron chi connectivity index (χ3n) is 3.80. The van der Waals surface area contributed by atoms with Gasteiger partial charge in [-0.3, -0.25) is 0 Å². The number of nitriles is 1. The number of hydrogen-bond donors (Lipinski definition) is 0. The highest BCUT2D eigenvalue weighted by Gasteiger charge is 2.45. The standard InChI is InChI=1S/C10H11N.C7H11N/c1-8(2)9-6-4-5-7-10(9)11-3;1-6(2)7(5-8)3-4-7/h4-8H,1-2H3;6H,3-4H2,1-2H3. The topological polar surface area (TPSA) is 28.1 Å². The molecule has 0 spiro atoms. The third-order valence-corrected chi connectivity index (χ3v) is 3.80. The summed E-state index contributed by atoms with van der Waals surface area (Å²) in [6.45, 7) is 15.3. The summed E-state index contributed by atoms with van der Waals surface area (Å²) in [6.07, 6.45) is 2.25. The molecule has 1 aliphatic carbocycles. The zero-order chi connectivity index (χ0) is 14.5. The molecular formula is C17H22N2. The van der Waals surface area contributed by atoms with Crippen molar-refractivity contribution < 1.29 is 0 Å². The first-order valence-electron chi connectivity index (χ1n) is 6.84. The van der Waals surface area contributed by atoms with Gasteiger partial charge in [0.1, 0.15) is 0 Å². The maximum Gasteiger partial charge on any atom is 0.190 e. The van der Waals surface area contributed by atoms with Crippen molar-refractivity contribution in [3.05, 3.63) is 41.2 Å². The third kappa shape index (κ3) is 3.83. The minimum atomic E-state index is 0.0972. The van der Waals surface area contributed by atoms with Gasteiger partial charge >= 0.3 is 0 Å². The highest BCUT2D eigenvalue weighted by molar-refractivity contribution is 5.53. The van der Waals surface area contributed by atoms with Crippen molar-refractivity contribution in [1.82, 2.24) is 0 Å². The second kappa shape index (κ2) is 6.39. The molecule has 0 bridgehead atoms. The predicted octanol–water partition coefficient (Wildman–Crippen LogP) is 5.31. The lowest BCUT2D eigenvalue weighted by Gasteiger charge is -2.07. The van der Waals surface area contributed by atoms with E-state index in [0.29, 0.717) is 11.8 Å². The number of benzene rings is 1. The van der Waals surface area contributed by atoms with Crippen molar-refractivity contribution in [2.75, 3.05) is 0 Å². The van der Waals surface area contributed by atoms with Crippen LogP contribution in [0.4, 0.5) is 5.69 Å². The first-order chi connectivity index (χ1) is 8.96. The average Bonchev–Trinajstić information content (AvgIpc) is 3.20. The van der Waals surface area contributed by atoms with Gasteiger partial charge in [-0.05, 0) is 30.2 Å². The Morgan fingerprint density at radius 2 is 1.79 bits per heavy atom. The Bertz CT molecular complexity index is 497. The molecule has 2 heteroatoms. The van der Waals surface area contributed by atoms with E-state index in [2.05, 4.69) is 38.6 Å². The Kier molecular flexibility index (Phi) is 5.13. The Labute approximate surface area is 116 Å². The van der Waals surface area contributed by atoms with Crippen LogP contribution < -0.4 is 0 Å². The second-order valence-corrected chi connectivity index (χ2v) is 5.75. The van der Waals surface area contributed by atoms with E-state index < -0.39 is 0 Å². The maximum atomic E-state index is 8.58. The zero-order valence-electron chi connectivity index (χ0n) is 12.3. The van der Waals surface area contributed by atoms with Crippen LogP contribution in [0.5, 0.6) is 0 Å². The minimum absolute atomic E-state index is 0.0972. The van der Waals surface area contributed by atoms with Crippen LogP contribution in [0.1, 0.15) is 52.0 Å². The van der Waals surface area contributed by atoms with Crippen LogP contribution in [0.15, 0.2) is 24.3 Å². The number of para-hydroxylation sites is 1. The molecule has 0 unspecified atom stereocenters. The van der Waals surface area contributed by atoms with Gasteiger partial charge in [-0.2, -0.15) is 5.26 Å². The first kappa shape index (κ1) is 15.3. The first-order valence-corrected chi connectivity index (χ1v) is 6.84. The fourth-order valence-electron chi connectivity index (χ4n) is 2.03. The van der Waals surface area contributed by atoms with E-state index in [9.17, 15) is 0 Å². The molecule has 100 valence electrons. The lowest BCUT2D eigenvalue weighted by Crippen LogP contribution is -2.04. The van der Waals surface area contributed by atoms with E-state index >= 15 is 0 Å². The molecule has 0 aromatic heterocycles. The molecule has 0 heterocycles. The van der Waals surface area contributed by atoms with Crippen LogP contribution in [0.2, 0.25) is 0 Å². The summed E-state index contributed by atoms with van der Waals surface area (Å²) in [5.74, 6) is 1.01. The molecule has 0 aliphatic heterocycles. The molecular weight excluding hydrogens is 232 g/mol. The second-order valence-electron chi connectivity index (χ2n) is 5.75. The molecule has 2 rings (SSSR count). The van der Waals surface area contributed by atoms with Gasteiger partial charge in [0.2, 0.25) is 0 Å². The van der Waals surface area contributed by atoms with Crippen LogP contribution in [0, 0.1) is 29.2 Å². The van der Waals surface area contributed by atoms with E-state index in [1.54, 1.807) is 0 Å². The van der Waals surface area contributed by atoms with Gasteiger partial charge in [-0.25, -0.2) is 4.85 Å². The van der Waals surface area contributed by atoms with Crippen molar-refractivity contribution in [2.45, 2.75) is 46.5 Å². The molecule has 1 fully saturated rings. The molecule has 1 aromatic carbocycles. The van der Waals surface area contributed by atoms with E-state index in [0.717, 1.165) is 24.1 Å². The smallest absolute Gasteiger partial charge is 0.190 e. The summed E-state index contributed by atoms with van der Waals surface area (Å²) in [5, 5.41) is 8.58. The largest absolute Gasteiger partial charge is 0.238 e. The Balaban J connectivity index is 0.000000200. The van der Waals surface area contributed by atoms with Crippen molar-refractivity contribution >= 4 is 5.69 Å². The lowest BCUT2D eigenvalue weighted by atomic mass is 9.95. The minimum Gasteiger partial charge on any atom is -0.238 e. The lowest BCUT2D eigenvalue weighted by molar-refractivity contribution is 0.459. The fourth-order valence-corrected chi connectivity index (χ4v) is 2.03. The molecule has 1 saturated carbocycles. The highest BCUT2D eigenvalue weighted by Crippen LogP contribution is 2.50. The molecule has 1 aromatic rings. The summed E-state index contributed by atoms with van der Waals surface area (Å²) in [6, 6.07) is 10.1. The van der Waals surface area contributed by atoms with Crippen molar-refractivity contribution in [3.63, 3.8) is 0 Å². The van der Waals surface area contributed by atoms with Crippen LogP contribution in [0.25, 0.3) is 4.85 Å². The molecule has 0 radical (unpaired) electrons. The normalized spacial score (nSPS) is 15.2. The molecule has 0 N–H and O–H groups in total. The van der Waals surface area contributed by atoms with Gasteiger partial charge in [0, 0.05) is 0 Å². The van der Waals surface area contributed by atoms with Crippen LogP contribution >= 0.6 is 0 Å². The summed E-state index contributed by atoms with van der Waals surface area (Å²) >= 11 is 0. The van der Waals surface area contributed by atoms with Gasteiger partial charge in [0.05, 0.1) is 18.1 Å². The van der Waals surface area contributed by atoms with Crippen molar-refractivity contribution in [3.8, 4) is 6.07 Å². The Morgan fingerprint density at radius 3 is 2.05 bits per heavy atom. The highest BCUT2D eigenvalue weighted by atomic mass is 14.6. The number of hydrogen-bond acceptors (Lipinski definition) is 1. The van der Waals surface area contributed by atoms with Crippen molar-refractivity contribution in [1.29, 1.82) is 5.26 Å². The van der Waals surface area contributed by atoms with Crippen LogP contribution in [-0.4, -0.2) is 0 Å². The summed E-state index contributed by atoms with van der Waals surface area (Å²) in [5.41, 5.74) is 2.02. The summed E-state index contributed by atoms with van der Waals surface area (Å²) < 4.78 is 0. The van der Waals surface area contributed by atoms with Crippen LogP contribution in [0.3, 0.4) is 0 Å². The zero-order valence-corrected chi connectivity index (χ0v) is 12.3. The van der Waals surface area contributed by atoms with Gasteiger partial charge < -0.3 is 0 Å². The Morgan fingerprint density at radius 1 is 1.21 bits per heavy atom. The maximum absolute atomic E-state index is 8.58.